The Morgan fingerprint density at radius 2 is 0.575 bits per heavy atom. The quantitative estimate of drug-likeness (QED) is 0.0748. The molecule has 6 nitrogen and oxygen atoms in total. The van der Waals surface area contributed by atoms with Gasteiger partial charge in [0.05, 0.1) is 51.5 Å². The normalized spacial score (nSPS) is 11.3. The zero-order valence-electron chi connectivity index (χ0n) is 45.3. The van der Waals surface area contributed by atoms with Crippen LogP contribution in [0.2, 0.25) is 0 Å². The van der Waals surface area contributed by atoms with Crippen LogP contribution in [0.1, 0.15) is 38.8 Å². The Bertz CT molecular complexity index is 3280. The summed E-state index contributed by atoms with van der Waals surface area (Å²) < 4.78 is 96.9. The molecule has 0 amide bonds. The maximum absolute atomic E-state index is 13.1. The van der Waals surface area contributed by atoms with Crippen LogP contribution in [-0.4, -0.2) is 62.0 Å². The second-order valence-corrected chi connectivity index (χ2v) is 30.9. The number of hydrogen-bond donors (Lipinski definition) is 0. The molecule has 9 aromatic carbocycles. The Morgan fingerprint density at radius 3 is 0.825 bits per heavy atom. The lowest BCUT2D eigenvalue weighted by Gasteiger charge is -2.27. The molecule has 0 aliphatic carbocycles. The van der Waals surface area contributed by atoms with Crippen LogP contribution in [0, 0.1) is 20.8 Å². The highest BCUT2D eigenvalue weighted by atomic mass is 32.2. The van der Waals surface area contributed by atoms with Crippen molar-refractivity contribution >= 4 is 76.5 Å². The van der Waals surface area contributed by atoms with Gasteiger partial charge in [0.2, 0.25) is 0 Å². The number of benzene rings is 9. The summed E-state index contributed by atoms with van der Waals surface area (Å²) in [5.41, 5.74) is 2.96. The van der Waals surface area contributed by atoms with E-state index in [9.17, 15) is 34.0 Å². The van der Waals surface area contributed by atoms with E-state index in [1.807, 2.05) is 39.0 Å². The first-order valence-electron chi connectivity index (χ1n) is 26.1. The molecule has 0 atom stereocenters. The molecule has 0 aliphatic rings. The smallest absolute Gasteiger partial charge is 0.178 e. The van der Waals surface area contributed by atoms with Gasteiger partial charge in [0.25, 0.3) is 0 Å². The summed E-state index contributed by atoms with van der Waals surface area (Å²) in [6, 6.07) is 83.9. The fourth-order valence-electron chi connectivity index (χ4n) is 8.63. The Labute approximate surface area is 478 Å². The Morgan fingerprint density at radius 1 is 0.338 bits per heavy atom. The minimum absolute atomic E-state index is 0. The fourth-order valence-corrected chi connectivity index (χ4v) is 19.3. The molecule has 0 saturated heterocycles. The number of sulfone groups is 3. The van der Waals surface area contributed by atoms with Crippen LogP contribution < -0.4 is 36.5 Å². The molecule has 9 aromatic rings. The molecule has 0 unspecified atom stereocenters. The van der Waals surface area contributed by atoms with E-state index >= 15 is 0 Å². The lowest BCUT2D eigenvalue weighted by molar-refractivity contribution is -0.0000238. The molecule has 0 radical (unpaired) electrons. The van der Waals surface area contributed by atoms with Crippen LogP contribution in [-0.2, 0) is 29.5 Å². The molecule has 9 rings (SSSR count). The predicted molar refractivity (Wildman–Crippen MR) is 335 cm³/mol. The molecule has 0 aliphatic heterocycles. The molecule has 80 heavy (non-hydrogen) atoms. The first-order chi connectivity index (χ1) is 38.1. The van der Waals surface area contributed by atoms with Crippen molar-refractivity contribution < 1.29 is 41.6 Å². The van der Waals surface area contributed by atoms with Crippen molar-refractivity contribution in [1.29, 1.82) is 0 Å². The van der Waals surface area contributed by atoms with Crippen LogP contribution >= 0.6 is 15.2 Å². The van der Waals surface area contributed by atoms with Gasteiger partial charge in [-0.05, 0) is 130 Å². The van der Waals surface area contributed by atoms with Gasteiger partial charge in [0, 0.05) is 9.27 Å². The zero-order chi connectivity index (χ0) is 56.6. The average Bonchev–Trinajstić information content (AvgIpc) is 3.55. The molecule has 0 N–H and O–H groups in total. The van der Waals surface area contributed by atoms with E-state index in [0.717, 1.165) is 22.9 Å². The van der Waals surface area contributed by atoms with Crippen LogP contribution in [0.3, 0.4) is 0 Å². The van der Waals surface area contributed by atoms with Gasteiger partial charge < -0.3 is 4.70 Å². The van der Waals surface area contributed by atoms with Crippen molar-refractivity contribution in [2.75, 3.05) is 36.8 Å². The van der Waals surface area contributed by atoms with Gasteiger partial charge in [-0.1, -0.05) is 199 Å². The highest BCUT2D eigenvalue weighted by Crippen LogP contribution is 2.55. The third-order valence-electron chi connectivity index (χ3n) is 12.8. The molecular formula is C66H73F3O6P2S3. The summed E-state index contributed by atoms with van der Waals surface area (Å²) in [7, 11) is -12.4. The van der Waals surface area contributed by atoms with Gasteiger partial charge in [-0.25, -0.2) is 25.3 Å². The van der Waals surface area contributed by atoms with E-state index in [1.54, 1.807) is 72.8 Å². The van der Waals surface area contributed by atoms with Crippen molar-refractivity contribution in [2.24, 2.45) is 0 Å². The Balaban J connectivity index is 0.000000288. The van der Waals surface area contributed by atoms with Crippen molar-refractivity contribution in [3.8, 4) is 0 Å². The summed E-state index contributed by atoms with van der Waals surface area (Å²) in [6.07, 6.45) is 1.59. The van der Waals surface area contributed by atoms with Gasteiger partial charge in [-0.3, -0.25) is 8.78 Å². The van der Waals surface area contributed by atoms with E-state index in [1.165, 1.54) is 31.8 Å². The number of aryl methyl sites for hydroxylation is 3. The third-order valence-corrected chi connectivity index (χ3v) is 25.2. The van der Waals surface area contributed by atoms with Gasteiger partial charge in [-0.2, -0.15) is 0 Å². The van der Waals surface area contributed by atoms with Crippen LogP contribution in [0.4, 0.5) is 8.78 Å². The standard InChI is InChI=1S/C21H21FP.C18H15P.C17H20O4S2.C10H13FO2S.FH.2H2/c22-17-10-18-23(19-11-4-1-5-12-19,20-13-6-2-7-14-20)21-15-8-3-9-16-21;1-4-10-16(11-5-1)19(17-12-6-2-7-13-17)18-14-8-3-9-15-18;1-14-4-8-16(9-5-14)22(18,19)12-3-13-23(20,21)17-10-6-15(2)7-11-17;1-9-3-5-10(6-4-9)14(12,13)8-2-7-11;;;/h1-9,11-16H,10,17-18H2;1-15H;4-11H,3,12-13H2,1-2H3;3-6H,2,7-8H2,1H3;3*1H/q+1;;;;;;/p-1/i22-1;;;11-1;1-1;2*1+1. The largest absolute Gasteiger partial charge is 1.00 e. The second-order valence-electron chi connectivity index (χ2n) is 18.7. The number of alkyl halides is 2. The van der Waals surface area contributed by atoms with Gasteiger partial charge in [0.1, 0.15) is 23.2 Å². The monoisotopic (exact) mass is 1180 g/mol. The number of hydrogen-bond acceptors (Lipinski definition) is 6. The van der Waals surface area contributed by atoms with Crippen molar-refractivity contribution in [2.45, 2.75) is 54.7 Å². The lowest BCUT2D eigenvalue weighted by atomic mass is 10.2. The van der Waals surface area contributed by atoms with Crippen LogP contribution in [0.5, 0.6) is 0 Å². The summed E-state index contributed by atoms with van der Waals surface area (Å²) in [4.78, 5) is 0.739. The first kappa shape index (κ1) is 64.3. The summed E-state index contributed by atoms with van der Waals surface area (Å²) >= 11 is 0. The molecule has 0 aromatic heterocycles. The van der Waals surface area contributed by atoms with Gasteiger partial charge in [0.15, 0.2) is 29.5 Å². The van der Waals surface area contributed by atoms with E-state index in [2.05, 4.69) is 164 Å². The fraction of sp³-hybridized carbons (Fsp3) is 0.182. The maximum Gasteiger partial charge on any atom is 0.178 e. The predicted octanol–water partition coefficient (Wildman–Crippen LogP) is 10.4. The maximum atomic E-state index is 13.1. The van der Waals surface area contributed by atoms with E-state index in [4.69, 9.17) is 0 Å². The van der Waals surface area contributed by atoms with Gasteiger partial charge in [-0.15, -0.1) is 0 Å². The Kier molecular flexibility index (Phi) is 25.8. The summed E-state index contributed by atoms with van der Waals surface area (Å²) in [6.45, 7) is 4.78. The van der Waals surface area contributed by atoms with E-state index < -0.39 is 51.4 Å². The molecule has 0 fully saturated rings. The highest BCUT2D eigenvalue weighted by molar-refractivity contribution is 7.95. The summed E-state index contributed by atoms with van der Waals surface area (Å²) in [5.74, 6) is -0.477. The van der Waals surface area contributed by atoms with E-state index in [0.29, 0.717) is 6.42 Å². The second kappa shape index (κ2) is 32.1. The van der Waals surface area contributed by atoms with Gasteiger partial charge >= 0.3 is 0 Å². The minimum atomic E-state index is -3.45. The SMILES string of the molecule is Cc1ccc(S(=O)(=O)CCCS(=O)(=O)c2ccc(C)cc2)cc1.Cc1ccc(S(=O)(=O)CCC[18F])cc1.[18F-].[18F]CCC[P+](c1ccccc1)(c1ccccc1)c1ccccc1.[2HH].[2HH].c1ccc(P(c2ccccc2)c2ccccc2)cc1. The number of halogens is 3. The van der Waals surface area contributed by atoms with E-state index in [-0.39, 0.29) is 59.0 Å². The average molecular weight is 1180 g/mol. The molecule has 0 heterocycles. The van der Waals surface area contributed by atoms with Crippen molar-refractivity contribution in [3.63, 3.8) is 0 Å². The van der Waals surface area contributed by atoms with Crippen molar-refractivity contribution in [3.05, 3.63) is 271 Å². The molecule has 14 heteroatoms. The zero-order valence-corrected chi connectivity index (χ0v) is 49.6. The number of rotatable bonds is 19. The highest BCUT2D eigenvalue weighted by Gasteiger charge is 2.44. The minimum Gasteiger partial charge on any atom is -1.00 e. The van der Waals surface area contributed by atoms with Crippen LogP contribution in [0.25, 0.3) is 0 Å². The molecule has 0 saturated carbocycles. The molecular weight excluding hydrogens is 1100 g/mol. The topological polar surface area (TPSA) is 102 Å². The first-order valence-corrected chi connectivity index (χ1v) is 34.4. The molecule has 422 valence electrons. The molecule has 0 spiro atoms. The Hall–Kier alpha value is -6.52. The lowest BCUT2D eigenvalue weighted by Crippen LogP contribution is -3.00. The third kappa shape index (κ3) is 18.8. The molecule has 0 bridgehead atoms. The summed E-state index contributed by atoms with van der Waals surface area (Å²) in [5, 5.41) is 8.17. The van der Waals surface area contributed by atoms with Crippen molar-refractivity contribution in [1.82, 2.24) is 0 Å². The van der Waals surface area contributed by atoms with Crippen LogP contribution in [0.15, 0.2) is 269 Å².